The normalized spacial score (nSPS) is 12.0. The number of benzene rings is 2. The lowest BCUT2D eigenvalue weighted by Gasteiger charge is -2.15. The number of hydrogen-bond donors (Lipinski definition) is 0. The second-order valence-electron chi connectivity index (χ2n) is 5.85. The molecule has 0 unspecified atom stereocenters. The van der Waals surface area contributed by atoms with Gasteiger partial charge < -0.3 is 4.74 Å². The number of nitrogens with zero attached hydrogens (tertiary/aromatic N) is 3. The fourth-order valence-corrected chi connectivity index (χ4v) is 3.76. The van der Waals surface area contributed by atoms with Gasteiger partial charge in [0, 0.05) is 12.3 Å². The van der Waals surface area contributed by atoms with E-state index in [0.717, 1.165) is 22.3 Å². The third kappa shape index (κ3) is 5.06. The van der Waals surface area contributed by atoms with E-state index in [1.165, 1.54) is 0 Å². The molecule has 0 bridgehead atoms. The van der Waals surface area contributed by atoms with Crippen molar-refractivity contribution in [3.8, 4) is 5.75 Å². The van der Waals surface area contributed by atoms with E-state index in [9.17, 15) is 0 Å². The van der Waals surface area contributed by atoms with Gasteiger partial charge in [0.1, 0.15) is 5.75 Å². The molecular formula is C20H19Cl2N3OS. The van der Waals surface area contributed by atoms with Crippen LogP contribution in [0.2, 0.25) is 10.0 Å². The number of para-hydroxylation sites is 1. The van der Waals surface area contributed by atoms with Crippen LogP contribution < -0.4 is 4.74 Å². The van der Waals surface area contributed by atoms with Gasteiger partial charge in [-0.1, -0.05) is 65.3 Å². The van der Waals surface area contributed by atoms with Crippen molar-refractivity contribution < 1.29 is 4.74 Å². The molecule has 0 amide bonds. The van der Waals surface area contributed by atoms with Crippen LogP contribution in [0.4, 0.5) is 0 Å². The van der Waals surface area contributed by atoms with Crippen LogP contribution in [0.15, 0.2) is 66.3 Å². The van der Waals surface area contributed by atoms with E-state index in [0.29, 0.717) is 22.3 Å². The molecule has 0 fully saturated rings. The summed E-state index contributed by atoms with van der Waals surface area (Å²) in [4.78, 5) is 0. The number of halogens is 2. The summed E-state index contributed by atoms with van der Waals surface area (Å²) < 4.78 is 8.01. The average Bonchev–Trinajstić information content (AvgIpc) is 3.07. The lowest BCUT2D eigenvalue weighted by atomic mass is 10.2. The third-order valence-electron chi connectivity index (χ3n) is 3.83. The van der Waals surface area contributed by atoms with E-state index < -0.39 is 0 Å². The monoisotopic (exact) mass is 419 g/mol. The number of rotatable bonds is 8. The standard InChI is InChI=1S/C20H19Cl2N3OS/c1-3-11-25-19(14(2)26-16-7-5-4-6-8-16)23-24-20(25)27-13-15-9-10-17(21)18(22)12-15/h3-10,12,14H,1,11,13H2,2H3/t14-/m1/s1. The Labute approximate surface area is 173 Å². The number of hydrogen-bond acceptors (Lipinski definition) is 4. The van der Waals surface area contributed by atoms with Gasteiger partial charge in [-0.25, -0.2) is 0 Å². The summed E-state index contributed by atoms with van der Waals surface area (Å²) >= 11 is 13.7. The second kappa shape index (κ2) is 9.31. The minimum atomic E-state index is -0.237. The number of allylic oxidation sites excluding steroid dienone is 1. The lowest BCUT2D eigenvalue weighted by Crippen LogP contribution is -2.12. The Morgan fingerprint density at radius 2 is 1.93 bits per heavy atom. The van der Waals surface area contributed by atoms with Gasteiger partial charge in [-0.2, -0.15) is 0 Å². The van der Waals surface area contributed by atoms with Crippen LogP contribution >= 0.6 is 35.0 Å². The van der Waals surface area contributed by atoms with Crippen molar-refractivity contribution >= 4 is 35.0 Å². The summed E-state index contributed by atoms with van der Waals surface area (Å²) in [5.41, 5.74) is 1.07. The Kier molecular flexibility index (Phi) is 6.83. The molecule has 3 aromatic rings. The smallest absolute Gasteiger partial charge is 0.191 e. The zero-order chi connectivity index (χ0) is 19.2. The summed E-state index contributed by atoms with van der Waals surface area (Å²) in [6, 6.07) is 15.3. The molecule has 140 valence electrons. The maximum Gasteiger partial charge on any atom is 0.191 e. The molecule has 3 rings (SSSR count). The van der Waals surface area contributed by atoms with E-state index in [2.05, 4.69) is 16.8 Å². The van der Waals surface area contributed by atoms with Crippen LogP contribution in [-0.2, 0) is 12.3 Å². The molecule has 1 atom stereocenters. The van der Waals surface area contributed by atoms with Gasteiger partial charge >= 0.3 is 0 Å². The van der Waals surface area contributed by atoms with Crippen molar-refractivity contribution in [2.24, 2.45) is 0 Å². The number of ether oxygens (including phenoxy) is 1. The maximum atomic E-state index is 6.10. The molecule has 0 aliphatic heterocycles. The lowest BCUT2D eigenvalue weighted by molar-refractivity contribution is 0.210. The van der Waals surface area contributed by atoms with Crippen molar-refractivity contribution in [2.45, 2.75) is 30.5 Å². The summed E-state index contributed by atoms with van der Waals surface area (Å²) in [6.45, 7) is 6.41. The average molecular weight is 420 g/mol. The predicted octanol–water partition coefficient (Wildman–Crippen LogP) is 6.20. The zero-order valence-electron chi connectivity index (χ0n) is 14.8. The van der Waals surface area contributed by atoms with Gasteiger partial charge in [0.05, 0.1) is 10.0 Å². The minimum absolute atomic E-state index is 0.237. The van der Waals surface area contributed by atoms with Crippen LogP contribution in [0.25, 0.3) is 0 Å². The Bertz CT molecular complexity index is 915. The quantitative estimate of drug-likeness (QED) is 0.321. The van der Waals surface area contributed by atoms with Gasteiger partial charge in [0.15, 0.2) is 17.1 Å². The highest BCUT2D eigenvalue weighted by Crippen LogP contribution is 2.29. The van der Waals surface area contributed by atoms with E-state index in [4.69, 9.17) is 27.9 Å². The van der Waals surface area contributed by atoms with Crippen LogP contribution in [0.5, 0.6) is 5.75 Å². The van der Waals surface area contributed by atoms with Crippen molar-refractivity contribution in [3.05, 3.63) is 82.6 Å². The molecule has 4 nitrogen and oxygen atoms in total. The van der Waals surface area contributed by atoms with E-state index in [-0.39, 0.29) is 6.10 Å². The molecule has 0 radical (unpaired) electrons. The molecular weight excluding hydrogens is 401 g/mol. The van der Waals surface area contributed by atoms with Crippen molar-refractivity contribution in [3.63, 3.8) is 0 Å². The Morgan fingerprint density at radius 1 is 1.15 bits per heavy atom. The van der Waals surface area contributed by atoms with Crippen molar-refractivity contribution in [1.29, 1.82) is 0 Å². The van der Waals surface area contributed by atoms with Gasteiger partial charge in [-0.05, 0) is 36.8 Å². The highest BCUT2D eigenvalue weighted by atomic mass is 35.5. The SMILES string of the molecule is C=CCn1c(SCc2ccc(Cl)c(Cl)c2)nnc1[C@@H](C)Oc1ccccc1. The third-order valence-corrected chi connectivity index (χ3v) is 5.61. The van der Waals surface area contributed by atoms with Gasteiger partial charge in [0.2, 0.25) is 0 Å². The van der Waals surface area contributed by atoms with Crippen LogP contribution in [0, 0.1) is 0 Å². The summed E-state index contributed by atoms with van der Waals surface area (Å²) in [5, 5.41) is 10.6. The molecule has 2 aromatic carbocycles. The van der Waals surface area contributed by atoms with Crippen molar-refractivity contribution in [1.82, 2.24) is 14.8 Å². The van der Waals surface area contributed by atoms with Crippen LogP contribution in [0.3, 0.4) is 0 Å². The zero-order valence-corrected chi connectivity index (χ0v) is 17.1. The molecule has 1 heterocycles. The molecule has 0 aliphatic rings. The Hall–Kier alpha value is -1.95. The summed E-state index contributed by atoms with van der Waals surface area (Å²) in [5.74, 6) is 2.26. The predicted molar refractivity (Wildman–Crippen MR) is 112 cm³/mol. The fourth-order valence-electron chi connectivity index (χ4n) is 2.54. The minimum Gasteiger partial charge on any atom is -0.483 e. The first-order valence-corrected chi connectivity index (χ1v) is 10.1. The first-order chi connectivity index (χ1) is 13.1. The topological polar surface area (TPSA) is 39.9 Å². The second-order valence-corrected chi connectivity index (χ2v) is 7.61. The van der Waals surface area contributed by atoms with Gasteiger partial charge in [0.25, 0.3) is 0 Å². The molecule has 0 saturated heterocycles. The van der Waals surface area contributed by atoms with Gasteiger partial charge in [-0.15, -0.1) is 16.8 Å². The first-order valence-electron chi connectivity index (χ1n) is 8.41. The fraction of sp³-hybridized carbons (Fsp3) is 0.200. The van der Waals surface area contributed by atoms with Gasteiger partial charge in [-0.3, -0.25) is 4.57 Å². The first kappa shape index (κ1) is 19.8. The highest BCUT2D eigenvalue weighted by Gasteiger charge is 2.19. The Balaban J connectivity index is 1.75. The molecule has 1 aromatic heterocycles. The highest BCUT2D eigenvalue weighted by molar-refractivity contribution is 7.98. The van der Waals surface area contributed by atoms with Crippen LogP contribution in [0.1, 0.15) is 24.4 Å². The largest absolute Gasteiger partial charge is 0.483 e. The number of aromatic nitrogens is 3. The van der Waals surface area contributed by atoms with E-state index in [1.54, 1.807) is 17.8 Å². The summed E-state index contributed by atoms with van der Waals surface area (Å²) in [7, 11) is 0. The van der Waals surface area contributed by atoms with Crippen LogP contribution in [-0.4, -0.2) is 14.8 Å². The maximum absolute atomic E-state index is 6.10. The molecule has 0 aliphatic carbocycles. The Morgan fingerprint density at radius 3 is 2.63 bits per heavy atom. The molecule has 0 spiro atoms. The molecule has 7 heteroatoms. The van der Waals surface area contributed by atoms with Crippen molar-refractivity contribution in [2.75, 3.05) is 0 Å². The molecule has 0 saturated carbocycles. The van der Waals surface area contributed by atoms with E-state index in [1.807, 2.05) is 60.0 Å². The molecule has 0 N–H and O–H groups in total. The van der Waals surface area contributed by atoms with E-state index >= 15 is 0 Å². The molecule has 27 heavy (non-hydrogen) atoms. The summed E-state index contributed by atoms with van der Waals surface area (Å²) in [6.07, 6.45) is 1.59. The number of thioether (sulfide) groups is 1.